The lowest BCUT2D eigenvalue weighted by Gasteiger charge is -2.22. The summed E-state index contributed by atoms with van der Waals surface area (Å²) in [7, 11) is -1.35. The Morgan fingerprint density at radius 1 is 1.38 bits per heavy atom. The van der Waals surface area contributed by atoms with Crippen LogP contribution in [0.5, 0.6) is 5.75 Å². The van der Waals surface area contributed by atoms with Crippen molar-refractivity contribution >= 4 is 27.3 Å². The van der Waals surface area contributed by atoms with Gasteiger partial charge in [0.15, 0.2) is 9.84 Å². The number of sulfone groups is 1. The molecule has 1 aromatic carbocycles. The van der Waals surface area contributed by atoms with Gasteiger partial charge < -0.3 is 9.64 Å². The minimum Gasteiger partial charge on any atom is -0.495 e. The van der Waals surface area contributed by atoms with Gasteiger partial charge in [-0.15, -0.1) is 0 Å². The van der Waals surface area contributed by atoms with Crippen LogP contribution in [0, 0.1) is 5.41 Å². The van der Waals surface area contributed by atoms with Crippen LogP contribution in [0.2, 0.25) is 5.02 Å². The number of rotatable bonds is 4. The van der Waals surface area contributed by atoms with Crippen LogP contribution in [0.15, 0.2) is 18.2 Å². The van der Waals surface area contributed by atoms with E-state index in [0.29, 0.717) is 43.1 Å². The van der Waals surface area contributed by atoms with Crippen LogP contribution in [0.3, 0.4) is 0 Å². The zero-order valence-electron chi connectivity index (χ0n) is 13.8. The second kappa shape index (κ2) is 6.56. The van der Waals surface area contributed by atoms with Crippen molar-refractivity contribution in [3.05, 3.63) is 28.8 Å². The molecule has 2 saturated heterocycles. The van der Waals surface area contributed by atoms with Crippen molar-refractivity contribution in [3.63, 3.8) is 0 Å². The second-order valence-electron chi connectivity index (χ2n) is 6.88. The van der Waals surface area contributed by atoms with Gasteiger partial charge in [0.2, 0.25) is 5.91 Å². The molecular formula is C17H22ClNO4S. The number of carbonyl (C=O) groups is 1. The number of ether oxygens (including phenoxy) is 1. The molecule has 3 rings (SSSR count). The molecule has 0 N–H and O–H groups in total. The van der Waals surface area contributed by atoms with Crippen molar-refractivity contribution in [1.82, 2.24) is 4.90 Å². The molecule has 1 aromatic rings. The second-order valence-corrected chi connectivity index (χ2v) is 9.47. The van der Waals surface area contributed by atoms with Gasteiger partial charge in [0.05, 0.1) is 23.6 Å². The highest BCUT2D eigenvalue weighted by molar-refractivity contribution is 7.91. The van der Waals surface area contributed by atoms with E-state index in [2.05, 4.69) is 0 Å². The Morgan fingerprint density at radius 3 is 2.79 bits per heavy atom. The minimum atomic E-state index is -2.92. The number of hydrogen-bond acceptors (Lipinski definition) is 4. The molecule has 0 bridgehead atoms. The molecule has 24 heavy (non-hydrogen) atoms. The van der Waals surface area contributed by atoms with Crippen LogP contribution < -0.4 is 4.74 Å². The van der Waals surface area contributed by atoms with Crippen molar-refractivity contribution in [3.8, 4) is 5.75 Å². The van der Waals surface area contributed by atoms with Crippen molar-refractivity contribution < 1.29 is 17.9 Å². The molecule has 0 saturated carbocycles. The summed E-state index contributed by atoms with van der Waals surface area (Å²) < 4.78 is 28.6. The summed E-state index contributed by atoms with van der Waals surface area (Å²) in [5.74, 6) is 1.20. The first-order valence-corrected chi connectivity index (χ1v) is 10.3. The predicted molar refractivity (Wildman–Crippen MR) is 93.2 cm³/mol. The van der Waals surface area contributed by atoms with E-state index in [0.717, 1.165) is 12.0 Å². The lowest BCUT2D eigenvalue weighted by Crippen LogP contribution is -2.32. The normalized spacial score (nSPS) is 25.3. The first-order chi connectivity index (χ1) is 11.3. The lowest BCUT2D eigenvalue weighted by molar-refractivity contribution is -0.130. The lowest BCUT2D eigenvalue weighted by atomic mass is 9.87. The number of amides is 1. The summed E-state index contributed by atoms with van der Waals surface area (Å²) in [6.07, 6.45) is 2.51. The number of nitrogens with zero attached hydrogens (tertiary/aromatic N) is 1. The predicted octanol–water partition coefficient (Wildman–Crippen LogP) is 2.32. The van der Waals surface area contributed by atoms with Gasteiger partial charge in [-0.3, -0.25) is 4.79 Å². The Morgan fingerprint density at radius 2 is 2.17 bits per heavy atom. The van der Waals surface area contributed by atoms with Crippen molar-refractivity contribution in [2.24, 2.45) is 5.41 Å². The van der Waals surface area contributed by atoms with E-state index in [4.69, 9.17) is 16.3 Å². The largest absolute Gasteiger partial charge is 0.495 e. The van der Waals surface area contributed by atoms with Gasteiger partial charge in [0.25, 0.3) is 0 Å². The number of halogens is 1. The number of benzene rings is 1. The highest BCUT2D eigenvalue weighted by Gasteiger charge is 2.47. The SMILES string of the molecule is COc1ccc(CCC(=O)N2CCC3(CCS(=O)(=O)C3)C2)cc1Cl. The highest BCUT2D eigenvalue weighted by atomic mass is 35.5. The third-order valence-electron chi connectivity index (χ3n) is 5.10. The summed E-state index contributed by atoms with van der Waals surface area (Å²) in [5, 5.41) is 0.540. The maximum Gasteiger partial charge on any atom is 0.222 e. The van der Waals surface area contributed by atoms with Crippen LogP contribution in [-0.4, -0.2) is 50.9 Å². The molecular weight excluding hydrogens is 350 g/mol. The molecule has 2 aliphatic rings. The van der Waals surface area contributed by atoms with Crippen molar-refractivity contribution in [1.29, 1.82) is 0 Å². The third-order valence-corrected chi connectivity index (χ3v) is 7.28. The number of carbonyl (C=O) groups excluding carboxylic acids is 1. The topological polar surface area (TPSA) is 63.7 Å². The molecule has 2 aliphatic heterocycles. The van der Waals surface area contributed by atoms with Crippen LogP contribution in [0.25, 0.3) is 0 Å². The maximum absolute atomic E-state index is 12.4. The average molecular weight is 372 g/mol. The number of likely N-dealkylation sites (tertiary alicyclic amines) is 1. The molecule has 5 nitrogen and oxygen atoms in total. The molecule has 2 heterocycles. The van der Waals surface area contributed by atoms with E-state index in [-0.39, 0.29) is 22.8 Å². The Balaban J connectivity index is 1.56. The Bertz CT molecular complexity index is 749. The fraction of sp³-hybridized carbons (Fsp3) is 0.588. The summed E-state index contributed by atoms with van der Waals surface area (Å²) >= 11 is 6.10. The molecule has 1 spiro atoms. The van der Waals surface area contributed by atoms with Gasteiger partial charge in [-0.05, 0) is 37.0 Å². The highest BCUT2D eigenvalue weighted by Crippen LogP contribution is 2.40. The fourth-order valence-corrected chi connectivity index (χ4v) is 6.21. The minimum absolute atomic E-state index is 0.0862. The Hall–Kier alpha value is -1.27. The zero-order chi connectivity index (χ0) is 17.4. The first-order valence-electron chi connectivity index (χ1n) is 8.13. The van der Waals surface area contributed by atoms with Crippen molar-refractivity contribution in [2.75, 3.05) is 31.7 Å². The molecule has 0 aliphatic carbocycles. The van der Waals surface area contributed by atoms with E-state index < -0.39 is 9.84 Å². The van der Waals surface area contributed by atoms with Gasteiger partial charge in [-0.2, -0.15) is 0 Å². The maximum atomic E-state index is 12.4. The monoisotopic (exact) mass is 371 g/mol. The molecule has 2 fully saturated rings. The molecule has 0 radical (unpaired) electrons. The van der Waals surface area contributed by atoms with Crippen LogP contribution in [0.4, 0.5) is 0 Å². The van der Waals surface area contributed by atoms with Gasteiger partial charge in [0.1, 0.15) is 5.75 Å². The van der Waals surface area contributed by atoms with Crippen molar-refractivity contribution in [2.45, 2.75) is 25.7 Å². The molecule has 1 amide bonds. The van der Waals surface area contributed by atoms with E-state index in [9.17, 15) is 13.2 Å². The van der Waals surface area contributed by atoms with E-state index in [1.165, 1.54) is 0 Å². The summed E-state index contributed by atoms with van der Waals surface area (Å²) in [4.78, 5) is 14.3. The zero-order valence-corrected chi connectivity index (χ0v) is 15.3. The molecule has 1 atom stereocenters. The third kappa shape index (κ3) is 3.70. The number of methoxy groups -OCH3 is 1. The molecule has 7 heteroatoms. The van der Waals surface area contributed by atoms with Gasteiger partial charge in [-0.1, -0.05) is 17.7 Å². The van der Waals surface area contributed by atoms with Gasteiger partial charge in [-0.25, -0.2) is 8.42 Å². The smallest absolute Gasteiger partial charge is 0.222 e. The Labute approximate surface area is 147 Å². The molecule has 1 unspecified atom stereocenters. The fourth-order valence-electron chi connectivity index (χ4n) is 3.73. The van der Waals surface area contributed by atoms with Crippen LogP contribution >= 0.6 is 11.6 Å². The standard InChI is InChI=1S/C17H22ClNO4S/c1-23-15-4-2-13(10-14(15)18)3-5-16(20)19-8-6-17(11-19)7-9-24(21,22)12-17/h2,4,10H,3,5-9,11-12H2,1H3. The quantitative estimate of drug-likeness (QED) is 0.814. The number of hydrogen-bond donors (Lipinski definition) is 0. The first kappa shape index (κ1) is 17.5. The van der Waals surface area contributed by atoms with E-state index in [1.54, 1.807) is 13.2 Å². The van der Waals surface area contributed by atoms with Crippen LogP contribution in [0.1, 0.15) is 24.8 Å². The van der Waals surface area contributed by atoms with E-state index in [1.807, 2.05) is 17.0 Å². The molecule has 0 aromatic heterocycles. The van der Waals surface area contributed by atoms with E-state index >= 15 is 0 Å². The van der Waals surface area contributed by atoms with Gasteiger partial charge >= 0.3 is 0 Å². The summed E-state index contributed by atoms with van der Waals surface area (Å²) in [6.45, 7) is 1.24. The van der Waals surface area contributed by atoms with Gasteiger partial charge in [0, 0.05) is 24.9 Å². The summed E-state index contributed by atoms with van der Waals surface area (Å²) in [5.41, 5.74) is 0.796. The van der Waals surface area contributed by atoms with Crippen LogP contribution in [-0.2, 0) is 21.1 Å². The number of aryl methyl sites for hydroxylation is 1. The Kier molecular flexibility index (Phi) is 4.80. The summed E-state index contributed by atoms with van der Waals surface area (Å²) in [6, 6.07) is 5.53. The molecule has 132 valence electrons. The average Bonchev–Trinajstić information content (AvgIpc) is 3.08.